The molecule has 1 aliphatic heterocycles. The van der Waals surface area contributed by atoms with E-state index in [4.69, 9.17) is 13.9 Å². The van der Waals surface area contributed by atoms with E-state index in [1.54, 1.807) is 30.5 Å². The van der Waals surface area contributed by atoms with Crippen LogP contribution in [0.15, 0.2) is 51.2 Å². The third kappa shape index (κ3) is 4.48. The number of aromatic amines is 1. The zero-order valence-electron chi connectivity index (χ0n) is 17.9. The summed E-state index contributed by atoms with van der Waals surface area (Å²) in [6, 6.07) is 8.91. The number of fused-ring (bicyclic) bond motifs is 2. The summed E-state index contributed by atoms with van der Waals surface area (Å²) in [4.78, 5) is 35.4. The topological polar surface area (TPSA) is 110 Å². The van der Waals surface area contributed by atoms with Gasteiger partial charge in [-0.15, -0.1) is 11.3 Å². The van der Waals surface area contributed by atoms with Crippen molar-refractivity contribution in [3.05, 3.63) is 58.2 Å². The Morgan fingerprint density at radius 1 is 1.24 bits per heavy atom. The number of amides is 1. The summed E-state index contributed by atoms with van der Waals surface area (Å²) in [5.41, 5.74) is 1.14. The molecule has 4 aromatic rings. The van der Waals surface area contributed by atoms with Crippen molar-refractivity contribution in [1.82, 2.24) is 14.9 Å². The summed E-state index contributed by atoms with van der Waals surface area (Å²) >= 11 is 1.39. The molecule has 0 spiro atoms. The van der Waals surface area contributed by atoms with Gasteiger partial charge in [0.05, 0.1) is 24.7 Å². The second-order valence-electron chi connectivity index (χ2n) is 7.53. The van der Waals surface area contributed by atoms with Gasteiger partial charge in [-0.25, -0.2) is 4.98 Å². The third-order valence-electron chi connectivity index (χ3n) is 5.29. The minimum Gasteiger partial charge on any atom is -0.486 e. The highest BCUT2D eigenvalue weighted by atomic mass is 32.1. The average Bonchev–Trinajstić information content (AvgIpc) is 3.48. The van der Waals surface area contributed by atoms with Gasteiger partial charge in [0, 0.05) is 22.7 Å². The SMILES string of the molecule is CCN(CC(=O)Nc1ccc2c(c1)OCCO2)Cc1nc2scc(-c3ccco3)c2c(=O)[nH]1. The highest BCUT2D eigenvalue weighted by Gasteiger charge is 2.18. The van der Waals surface area contributed by atoms with Crippen molar-refractivity contribution < 1.29 is 18.7 Å². The van der Waals surface area contributed by atoms with E-state index in [-0.39, 0.29) is 18.0 Å². The minimum absolute atomic E-state index is 0.148. The van der Waals surface area contributed by atoms with Crippen LogP contribution in [0, 0.1) is 0 Å². The average molecular weight is 467 g/mol. The maximum atomic E-state index is 12.8. The molecule has 33 heavy (non-hydrogen) atoms. The summed E-state index contributed by atoms with van der Waals surface area (Å²) in [7, 11) is 0. The standard InChI is InChI=1S/C23H22N4O5S/c1-2-27(12-20(28)24-14-5-6-17-18(10-14)32-9-8-31-17)11-19-25-22(29)21-15(13-33-23(21)26-19)16-4-3-7-30-16/h3-7,10,13H,2,8-9,11-12H2,1H3,(H,24,28)(H,25,26,29). The van der Waals surface area contributed by atoms with Crippen LogP contribution in [0.4, 0.5) is 5.69 Å². The number of carbonyl (C=O) groups is 1. The quantitative estimate of drug-likeness (QED) is 0.429. The fraction of sp³-hybridized carbons (Fsp3) is 0.261. The fourth-order valence-electron chi connectivity index (χ4n) is 3.70. The number of furan rings is 1. The Bertz CT molecular complexity index is 1340. The van der Waals surface area contributed by atoms with E-state index in [2.05, 4.69) is 15.3 Å². The van der Waals surface area contributed by atoms with Crippen LogP contribution in [0.25, 0.3) is 21.5 Å². The van der Waals surface area contributed by atoms with Crippen molar-refractivity contribution in [2.24, 2.45) is 0 Å². The number of nitrogens with zero attached hydrogens (tertiary/aromatic N) is 2. The number of benzene rings is 1. The number of thiophene rings is 1. The van der Waals surface area contributed by atoms with Crippen molar-refractivity contribution >= 4 is 33.1 Å². The number of hydrogen-bond donors (Lipinski definition) is 2. The summed E-state index contributed by atoms with van der Waals surface area (Å²) in [5, 5.41) is 5.27. The third-order valence-corrected chi connectivity index (χ3v) is 6.17. The first-order valence-electron chi connectivity index (χ1n) is 10.6. The van der Waals surface area contributed by atoms with Crippen LogP contribution in [0.3, 0.4) is 0 Å². The van der Waals surface area contributed by atoms with Gasteiger partial charge in [0.15, 0.2) is 11.5 Å². The molecule has 0 saturated heterocycles. The van der Waals surface area contributed by atoms with Crippen LogP contribution in [0.2, 0.25) is 0 Å². The van der Waals surface area contributed by atoms with Gasteiger partial charge in [0.25, 0.3) is 5.56 Å². The maximum Gasteiger partial charge on any atom is 0.260 e. The smallest absolute Gasteiger partial charge is 0.260 e. The van der Waals surface area contributed by atoms with Crippen molar-refractivity contribution in [1.29, 1.82) is 0 Å². The number of carbonyl (C=O) groups excluding carboxylic acids is 1. The number of aromatic nitrogens is 2. The molecular weight excluding hydrogens is 444 g/mol. The zero-order chi connectivity index (χ0) is 22.8. The molecule has 0 saturated carbocycles. The van der Waals surface area contributed by atoms with E-state index in [9.17, 15) is 9.59 Å². The van der Waals surface area contributed by atoms with Crippen molar-refractivity contribution in [2.45, 2.75) is 13.5 Å². The van der Waals surface area contributed by atoms with Gasteiger partial charge in [-0.3, -0.25) is 14.5 Å². The molecule has 170 valence electrons. The number of likely N-dealkylation sites (N-methyl/N-ethyl adjacent to an activating group) is 1. The molecule has 1 aromatic carbocycles. The molecule has 0 aliphatic carbocycles. The van der Waals surface area contributed by atoms with Crippen molar-refractivity contribution in [3.63, 3.8) is 0 Å². The van der Waals surface area contributed by atoms with E-state index in [1.807, 2.05) is 23.3 Å². The van der Waals surface area contributed by atoms with E-state index in [0.29, 0.717) is 65.3 Å². The molecule has 2 N–H and O–H groups in total. The molecule has 0 radical (unpaired) electrons. The summed E-state index contributed by atoms with van der Waals surface area (Å²) in [6.45, 7) is 4.05. The Morgan fingerprint density at radius 2 is 2.09 bits per heavy atom. The second kappa shape index (κ2) is 9.08. The zero-order valence-corrected chi connectivity index (χ0v) is 18.7. The molecule has 0 bridgehead atoms. The van der Waals surface area contributed by atoms with Crippen LogP contribution in [-0.2, 0) is 11.3 Å². The Morgan fingerprint density at radius 3 is 2.88 bits per heavy atom. The van der Waals surface area contributed by atoms with Gasteiger partial charge in [-0.2, -0.15) is 0 Å². The van der Waals surface area contributed by atoms with Crippen LogP contribution in [-0.4, -0.2) is 47.1 Å². The fourth-order valence-corrected chi connectivity index (χ4v) is 4.64. The minimum atomic E-state index is -0.223. The van der Waals surface area contributed by atoms with E-state index < -0.39 is 0 Å². The molecule has 0 fully saturated rings. The Labute approximate surface area is 193 Å². The number of rotatable bonds is 7. The largest absolute Gasteiger partial charge is 0.486 e. The first-order valence-corrected chi connectivity index (χ1v) is 11.4. The first-order chi connectivity index (χ1) is 16.1. The predicted octanol–water partition coefficient (Wildman–Crippen LogP) is 3.48. The van der Waals surface area contributed by atoms with Gasteiger partial charge in [-0.05, 0) is 30.8 Å². The van der Waals surface area contributed by atoms with Crippen molar-refractivity contribution in [2.75, 3.05) is 31.6 Å². The highest BCUT2D eigenvalue weighted by Crippen LogP contribution is 2.33. The summed E-state index contributed by atoms with van der Waals surface area (Å²) < 4.78 is 16.5. The summed E-state index contributed by atoms with van der Waals surface area (Å²) in [5.74, 6) is 2.25. The number of nitrogens with one attached hydrogen (secondary N) is 2. The summed E-state index contributed by atoms with van der Waals surface area (Å²) in [6.07, 6.45) is 1.57. The van der Waals surface area contributed by atoms with E-state index in [0.717, 1.165) is 5.56 Å². The number of anilines is 1. The molecule has 0 unspecified atom stereocenters. The van der Waals surface area contributed by atoms with E-state index in [1.165, 1.54) is 11.3 Å². The normalized spacial score (nSPS) is 12.9. The molecule has 9 nitrogen and oxygen atoms in total. The molecule has 10 heteroatoms. The molecule has 1 aliphatic rings. The highest BCUT2D eigenvalue weighted by molar-refractivity contribution is 7.17. The first kappa shape index (κ1) is 21.2. The second-order valence-corrected chi connectivity index (χ2v) is 8.39. The Balaban J connectivity index is 1.28. The lowest BCUT2D eigenvalue weighted by atomic mass is 10.2. The van der Waals surface area contributed by atoms with Gasteiger partial charge < -0.3 is 24.2 Å². The van der Waals surface area contributed by atoms with E-state index >= 15 is 0 Å². The van der Waals surface area contributed by atoms with Gasteiger partial charge in [-0.1, -0.05) is 6.92 Å². The Kier molecular flexibility index (Phi) is 5.84. The van der Waals surface area contributed by atoms with Crippen LogP contribution >= 0.6 is 11.3 Å². The number of ether oxygens (including phenoxy) is 2. The predicted molar refractivity (Wildman–Crippen MR) is 125 cm³/mol. The lowest BCUT2D eigenvalue weighted by Gasteiger charge is -2.21. The van der Waals surface area contributed by atoms with Crippen molar-refractivity contribution in [3.8, 4) is 22.8 Å². The molecule has 3 aromatic heterocycles. The van der Waals surface area contributed by atoms with Gasteiger partial charge in [0.2, 0.25) is 5.91 Å². The molecule has 4 heterocycles. The molecular formula is C23H22N4O5S. The maximum absolute atomic E-state index is 12.8. The van der Waals surface area contributed by atoms with Crippen LogP contribution in [0.5, 0.6) is 11.5 Å². The number of H-pyrrole nitrogens is 1. The monoisotopic (exact) mass is 466 g/mol. The van der Waals surface area contributed by atoms with Crippen LogP contribution < -0.4 is 20.3 Å². The lowest BCUT2D eigenvalue weighted by Crippen LogP contribution is -2.33. The lowest BCUT2D eigenvalue weighted by molar-refractivity contribution is -0.117. The molecule has 1 amide bonds. The Hall–Kier alpha value is -3.63. The van der Waals surface area contributed by atoms with Gasteiger partial charge >= 0.3 is 0 Å². The molecule has 5 rings (SSSR count). The number of hydrogen-bond acceptors (Lipinski definition) is 8. The van der Waals surface area contributed by atoms with Crippen LogP contribution in [0.1, 0.15) is 12.7 Å². The molecule has 0 atom stereocenters. The van der Waals surface area contributed by atoms with Gasteiger partial charge in [0.1, 0.15) is 29.6 Å².